The number of aliphatic carboxylic acids is 1. The summed E-state index contributed by atoms with van der Waals surface area (Å²) in [7, 11) is 0. The van der Waals surface area contributed by atoms with Gasteiger partial charge >= 0.3 is 5.97 Å². The van der Waals surface area contributed by atoms with Gasteiger partial charge in [0, 0.05) is 11.8 Å². The fourth-order valence-corrected chi connectivity index (χ4v) is 5.23. The first-order valence-electron chi connectivity index (χ1n) is 10.5. The molecule has 2 heterocycles. The number of fused-ring (bicyclic) bond motifs is 1. The zero-order valence-corrected chi connectivity index (χ0v) is 19.2. The van der Waals surface area contributed by atoms with E-state index in [-0.39, 0.29) is 34.9 Å². The summed E-state index contributed by atoms with van der Waals surface area (Å²) in [6, 6.07) is 11.2. The summed E-state index contributed by atoms with van der Waals surface area (Å²) in [5.41, 5.74) is -0.200. The second-order valence-corrected chi connectivity index (χ2v) is 8.99. The lowest BCUT2D eigenvalue weighted by atomic mass is 10.0. The fraction of sp³-hybridized carbons (Fsp3) is 0.174. The normalized spacial score (nSPS) is 19.0. The van der Waals surface area contributed by atoms with E-state index in [0.29, 0.717) is 0 Å². The zero-order valence-electron chi connectivity index (χ0n) is 18.4. The SMILES string of the molecule is O=C(Cc1ccccc1)N[C@@H]1C(=O)N2C(C(=O)O)=C(C=Cc3ccc([N+](=O)[O-])cc3[N+](=O)[O-])CS[C@@H]12. The Balaban J connectivity index is 1.54. The Hall–Kier alpha value is -4.52. The minimum Gasteiger partial charge on any atom is -0.477 e. The monoisotopic (exact) mass is 510 g/mol. The Bertz CT molecular complexity index is 1340. The van der Waals surface area contributed by atoms with Crippen molar-refractivity contribution in [3.05, 3.63) is 97.2 Å². The predicted molar refractivity (Wildman–Crippen MR) is 129 cm³/mol. The molecule has 2 amide bonds. The van der Waals surface area contributed by atoms with Gasteiger partial charge in [-0.05, 0) is 23.3 Å². The molecule has 2 aromatic carbocycles. The molecule has 0 bridgehead atoms. The number of carboxylic acids is 1. The molecule has 13 heteroatoms. The summed E-state index contributed by atoms with van der Waals surface area (Å²) < 4.78 is 0. The van der Waals surface area contributed by atoms with Crippen molar-refractivity contribution >= 4 is 47.0 Å². The first kappa shape index (κ1) is 24.6. The number of benzene rings is 2. The number of carboxylic acid groups (broad SMARTS) is 1. The van der Waals surface area contributed by atoms with Crippen LogP contribution in [-0.4, -0.2) is 54.8 Å². The molecular weight excluding hydrogens is 492 g/mol. The Labute approximate surface area is 207 Å². The molecule has 2 aliphatic rings. The van der Waals surface area contributed by atoms with Crippen molar-refractivity contribution in [2.75, 3.05) is 5.75 Å². The van der Waals surface area contributed by atoms with Crippen molar-refractivity contribution in [3.8, 4) is 0 Å². The molecule has 12 nitrogen and oxygen atoms in total. The number of hydrogen-bond donors (Lipinski definition) is 2. The van der Waals surface area contributed by atoms with Crippen LogP contribution in [0.25, 0.3) is 6.08 Å². The standard InChI is InChI=1S/C23H18N4O8S/c28-18(10-13-4-2-1-3-5-13)24-19-21(29)25-20(23(30)31)15(12-36-22(19)25)7-6-14-8-9-16(26(32)33)11-17(14)27(34)35/h1-9,11,19,22H,10,12H2,(H,24,28)(H,30,31)/t19-,22+/m1/s1. The lowest BCUT2D eigenvalue weighted by Gasteiger charge is -2.49. The van der Waals surface area contributed by atoms with E-state index in [2.05, 4.69) is 5.32 Å². The second-order valence-electron chi connectivity index (χ2n) is 7.89. The molecule has 2 atom stereocenters. The van der Waals surface area contributed by atoms with Crippen molar-refractivity contribution in [2.45, 2.75) is 17.8 Å². The van der Waals surface area contributed by atoms with Crippen molar-refractivity contribution in [2.24, 2.45) is 0 Å². The highest BCUT2D eigenvalue weighted by molar-refractivity contribution is 8.00. The fourth-order valence-electron chi connectivity index (χ4n) is 3.91. The van der Waals surface area contributed by atoms with E-state index in [1.54, 1.807) is 24.3 Å². The molecule has 0 aromatic heterocycles. The number of hydrogen-bond acceptors (Lipinski definition) is 8. The highest BCUT2D eigenvalue weighted by atomic mass is 32.2. The number of carbonyl (C=O) groups is 3. The number of carbonyl (C=O) groups excluding carboxylic acids is 2. The predicted octanol–water partition coefficient (Wildman–Crippen LogP) is 2.50. The highest BCUT2D eigenvalue weighted by Gasteiger charge is 2.53. The van der Waals surface area contributed by atoms with E-state index in [4.69, 9.17) is 0 Å². The molecule has 0 spiro atoms. The Morgan fingerprint density at radius 3 is 2.47 bits per heavy atom. The van der Waals surface area contributed by atoms with Gasteiger partial charge in [0.15, 0.2) is 0 Å². The number of rotatable bonds is 8. The van der Waals surface area contributed by atoms with Crippen LogP contribution >= 0.6 is 11.8 Å². The molecule has 2 aliphatic heterocycles. The number of nitrogens with one attached hydrogen (secondary N) is 1. The molecule has 4 rings (SSSR count). The number of allylic oxidation sites excluding steroid dienone is 1. The molecular formula is C23H18N4O8S. The van der Waals surface area contributed by atoms with Crippen LogP contribution in [-0.2, 0) is 20.8 Å². The highest BCUT2D eigenvalue weighted by Crippen LogP contribution is 2.41. The van der Waals surface area contributed by atoms with E-state index in [1.807, 2.05) is 6.07 Å². The van der Waals surface area contributed by atoms with Crippen LogP contribution in [0.1, 0.15) is 11.1 Å². The molecule has 36 heavy (non-hydrogen) atoms. The van der Waals surface area contributed by atoms with Crippen molar-refractivity contribution in [1.82, 2.24) is 10.2 Å². The third-order valence-electron chi connectivity index (χ3n) is 5.61. The Morgan fingerprint density at radius 1 is 1.11 bits per heavy atom. The molecule has 2 aromatic rings. The van der Waals surface area contributed by atoms with Crippen LogP contribution in [0, 0.1) is 20.2 Å². The van der Waals surface area contributed by atoms with Gasteiger partial charge in [-0.15, -0.1) is 11.8 Å². The minimum absolute atomic E-state index is 0.0379. The molecule has 184 valence electrons. The molecule has 1 fully saturated rings. The van der Waals surface area contributed by atoms with Gasteiger partial charge in [0.25, 0.3) is 17.3 Å². The first-order chi connectivity index (χ1) is 17.2. The van der Waals surface area contributed by atoms with Crippen LogP contribution < -0.4 is 5.32 Å². The number of nitro benzene ring substituents is 2. The van der Waals surface area contributed by atoms with E-state index in [1.165, 1.54) is 30.0 Å². The van der Waals surface area contributed by atoms with Gasteiger partial charge in [-0.3, -0.25) is 34.7 Å². The van der Waals surface area contributed by atoms with Gasteiger partial charge in [0.1, 0.15) is 17.1 Å². The minimum atomic E-state index is -1.36. The van der Waals surface area contributed by atoms with E-state index >= 15 is 0 Å². The van der Waals surface area contributed by atoms with Crippen LogP contribution in [0.2, 0.25) is 0 Å². The molecule has 0 radical (unpaired) electrons. The summed E-state index contributed by atoms with van der Waals surface area (Å²) >= 11 is 1.25. The van der Waals surface area contributed by atoms with Gasteiger partial charge in [-0.25, -0.2) is 4.79 Å². The Kier molecular flexibility index (Phi) is 6.83. The molecule has 0 unspecified atom stereocenters. The van der Waals surface area contributed by atoms with Gasteiger partial charge in [0.05, 0.1) is 27.9 Å². The van der Waals surface area contributed by atoms with Gasteiger partial charge < -0.3 is 10.4 Å². The van der Waals surface area contributed by atoms with Crippen molar-refractivity contribution in [1.29, 1.82) is 0 Å². The van der Waals surface area contributed by atoms with Crippen LogP contribution in [0.5, 0.6) is 0 Å². The molecule has 0 aliphatic carbocycles. The number of nitro groups is 2. The maximum absolute atomic E-state index is 12.8. The maximum atomic E-state index is 12.8. The summed E-state index contributed by atoms with van der Waals surface area (Å²) in [5.74, 6) is -2.13. The zero-order chi connectivity index (χ0) is 26.0. The topological polar surface area (TPSA) is 173 Å². The van der Waals surface area contributed by atoms with E-state index < -0.39 is 44.5 Å². The summed E-state index contributed by atoms with van der Waals surface area (Å²) in [6.45, 7) is 0. The first-order valence-corrected chi connectivity index (χ1v) is 11.6. The lowest BCUT2D eigenvalue weighted by Crippen LogP contribution is -2.70. The largest absolute Gasteiger partial charge is 0.477 e. The molecule has 2 N–H and O–H groups in total. The van der Waals surface area contributed by atoms with Gasteiger partial charge in [-0.2, -0.15) is 0 Å². The van der Waals surface area contributed by atoms with E-state index in [0.717, 1.165) is 22.6 Å². The lowest BCUT2D eigenvalue weighted by molar-refractivity contribution is -0.394. The van der Waals surface area contributed by atoms with Crippen LogP contribution in [0.4, 0.5) is 11.4 Å². The number of nitrogens with zero attached hydrogens (tertiary/aromatic N) is 3. The van der Waals surface area contributed by atoms with Crippen molar-refractivity contribution in [3.63, 3.8) is 0 Å². The number of β-lactam (4-membered cyclic amide) rings is 1. The van der Waals surface area contributed by atoms with Crippen LogP contribution in [0.15, 0.2) is 65.9 Å². The van der Waals surface area contributed by atoms with E-state index in [9.17, 15) is 39.7 Å². The second kappa shape index (κ2) is 10.00. The summed E-state index contributed by atoms with van der Waals surface area (Å²) in [4.78, 5) is 59.0. The quantitative estimate of drug-likeness (QED) is 0.307. The average molecular weight is 510 g/mol. The number of non-ortho nitro benzene ring substituents is 1. The average Bonchev–Trinajstić information content (AvgIpc) is 2.85. The number of thioether (sulfide) groups is 1. The Morgan fingerprint density at radius 2 is 1.83 bits per heavy atom. The summed E-state index contributed by atoms with van der Waals surface area (Å²) in [5, 5.41) is 34.1. The van der Waals surface area contributed by atoms with Gasteiger partial charge in [0.2, 0.25) is 5.91 Å². The van der Waals surface area contributed by atoms with Crippen LogP contribution in [0.3, 0.4) is 0 Å². The summed E-state index contributed by atoms with van der Waals surface area (Å²) in [6.07, 6.45) is 2.70. The smallest absolute Gasteiger partial charge is 0.352 e. The van der Waals surface area contributed by atoms with Crippen molar-refractivity contribution < 1.29 is 29.3 Å². The maximum Gasteiger partial charge on any atom is 0.352 e. The number of amides is 2. The third kappa shape index (κ3) is 4.81. The molecule has 0 saturated carbocycles. The molecule has 1 saturated heterocycles. The third-order valence-corrected chi connectivity index (χ3v) is 6.91. The van der Waals surface area contributed by atoms with Gasteiger partial charge in [-0.1, -0.05) is 36.4 Å².